The third-order valence-electron chi connectivity index (χ3n) is 3.43. The number of nitrogens with one attached hydrogen (secondary N) is 1. The van der Waals surface area contributed by atoms with E-state index in [0.29, 0.717) is 19.0 Å². The van der Waals surface area contributed by atoms with Gasteiger partial charge >= 0.3 is 0 Å². The largest absolute Gasteiger partial charge is 0.345 e. The van der Waals surface area contributed by atoms with Gasteiger partial charge in [-0.15, -0.1) is 0 Å². The molecule has 0 unspecified atom stereocenters. The summed E-state index contributed by atoms with van der Waals surface area (Å²) in [6.45, 7) is 0.445. The van der Waals surface area contributed by atoms with Crippen LogP contribution in [0.1, 0.15) is 12.0 Å². The van der Waals surface area contributed by atoms with Gasteiger partial charge in [-0.2, -0.15) is 0 Å². The summed E-state index contributed by atoms with van der Waals surface area (Å²) in [7, 11) is 1.59. The standard InChI is InChI=1S/C17H17F2N3O2/c1-22(9-6-12-4-7-20-8-5-12)17(24)11-16(23)21-15-3-2-13(18)10-14(15)19/h2-5,7-8,10H,6,9,11H2,1H3,(H,21,23). The minimum atomic E-state index is -0.887. The molecular weight excluding hydrogens is 316 g/mol. The molecule has 1 aromatic carbocycles. The Kier molecular flexibility index (Phi) is 5.95. The van der Waals surface area contributed by atoms with Crippen LogP contribution in [0.3, 0.4) is 0 Å². The van der Waals surface area contributed by atoms with Gasteiger partial charge in [-0.3, -0.25) is 14.6 Å². The molecule has 0 spiro atoms. The number of amides is 2. The Balaban J connectivity index is 1.83. The number of carbonyl (C=O) groups excluding carboxylic acids is 2. The fraction of sp³-hybridized carbons (Fsp3) is 0.235. The fourth-order valence-corrected chi connectivity index (χ4v) is 2.03. The molecule has 7 heteroatoms. The van der Waals surface area contributed by atoms with E-state index in [1.807, 2.05) is 12.1 Å². The number of halogens is 2. The lowest BCUT2D eigenvalue weighted by atomic mass is 10.2. The van der Waals surface area contributed by atoms with Crippen molar-refractivity contribution < 1.29 is 18.4 Å². The summed E-state index contributed by atoms with van der Waals surface area (Å²) < 4.78 is 26.3. The van der Waals surface area contributed by atoms with E-state index < -0.39 is 24.0 Å². The fourth-order valence-electron chi connectivity index (χ4n) is 2.03. The predicted molar refractivity (Wildman–Crippen MR) is 85.2 cm³/mol. The summed E-state index contributed by atoms with van der Waals surface area (Å²) in [5.74, 6) is -2.66. The molecule has 0 bridgehead atoms. The van der Waals surface area contributed by atoms with Crippen molar-refractivity contribution in [3.8, 4) is 0 Å². The predicted octanol–water partition coefficient (Wildman–Crippen LogP) is 2.39. The highest BCUT2D eigenvalue weighted by Crippen LogP contribution is 2.15. The van der Waals surface area contributed by atoms with Gasteiger partial charge in [0, 0.05) is 32.1 Å². The highest BCUT2D eigenvalue weighted by atomic mass is 19.1. The molecule has 0 fully saturated rings. The quantitative estimate of drug-likeness (QED) is 0.826. The number of hydrogen-bond donors (Lipinski definition) is 1. The Morgan fingerprint density at radius 3 is 2.54 bits per heavy atom. The maximum absolute atomic E-state index is 13.5. The van der Waals surface area contributed by atoms with Gasteiger partial charge in [0.25, 0.3) is 0 Å². The Labute approximate surface area is 138 Å². The summed E-state index contributed by atoms with van der Waals surface area (Å²) in [5.41, 5.74) is 0.871. The van der Waals surface area contributed by atoms with Crippen molar-refractivity contribution in [2.45, 2.75) is 12.8 Å². The maximum atomic E-state index is 13.5. The maximum Gasteiger partial charge on any atom is 0.233 e. The van der Waals surface area contributed by atoms with E-state index in [0.717, 1.165) is 17.7 Å². The van der Waals surface area contributed by atoms with Crippen LogP contribution in [-0.4, -0.2) is 35.3 Å². The SMILES string of the molecule is CN(CCc1ccncc1)C(=O)CC(=O)Nc1ccc(F)cc1F. The smallest absolute Gasteiger partial charge is 0.233 e. The third kappa shape index (κ3) is 5.12. The zero-order valence-electron chi connectivity index (χ0n) is 13.1. The monoisotopic (exact) mass is 333 g/mol. The van der Waals surface area contributed by atoms with Gasteiger partial charge < -0.3 is 10.2 Å². The van der Waals surface area contributed by atoms with Gasteiger partial charge in [0.15, 0.2) is 0 Å². The van der Waals surface area contributed by atoms with Crippen molar-refractivity contribution in [3.63, 3.8) is 0 Å². The second-order valence-corrected chi connectivity index (χ2v) is 5.27. The van der Waals surface area contributed by atoms with Crippen LogP contribution in [0.2, 0.25) is 0 Å². The van der Waals surface area contributed by atoms with E-state index in [2.05, 4.69) is 10.3 Å². The van der Waals surface area contributed by atoms with Gasteiger partial charge in [-0.05, 0) is 36.2 Å². The zero-order valence-corrected chi connectivity index (χ0v) is 13.1. The van der Waals surface area contributed by atoms with Crippen LogP contribution in [0.15, 0.2) is 42.7 Å². The van der Waals surface area contributed by atoms with Crippen LogP contribution >= 0.6 is 0 Å². The lowest BCUT2D eigenvalue weighted by molar-refractivity contribution is -0.133. The molecule has 5 nitrogen and oxygen atoms in total. The second kappa shape index (κ2) is 8.14. The number of nitrogens with zero attached hydrogens (tertiary/aromatic N) is 2. The third-order valence-corrected chi connectivity index (χ3v) is 3.43. The molecule has 0 atom stereocenters. The number of benzene rings is 1. The number of anilines is 1. The van der Waals surface area contributed by atoms with E-state index in [9.17, 15) is 18.4 Å². The first-order chi connectivity index (χ1) is 11.5. The summed E-state index contributed by atoms with van der Waals surface area (Å²) >= 11 is 0. The number of likely N-dealkylation sites (N-methyl/N-ethyl adjacent to an activating group) is 1. The Hall–Kier alpha value is -2.83. The van der Waals surface area contributed by atoms with Crippen LogP contribution in [-0.2, 0) is 16.0 Å². The van der Waals surface area contributed by atoms with Crippen molar-refractivity contribution >= 4 is 17.5 Å². The van der Waals surface area contributed by atoms with Crippen LogP contribution in [0, 0.1) is 11.6 Å². The van der Waals surface area contributed by atoms with E-state index in [1.54, 1.807) is 19.4 Å². The van der Waals surface area contributed by atoms with E-state index in [-0.39, 0.29) is 11.6 Å². The molecule has 1 heterocycles. The molecular formula is C17H17F2N3O2. The van der Waals surface area contributed by atoms with Crippen LogP contribution < -0.4 is 5.32 Å². The Bertz CT molecular complexity index is 723. The van der Waals surface area contributed by atoms with E-state index in [4.69, 9.17) is 0 Å². The normalized spacial score (nSPS) is 10.3. The number of rotatable bonds is 6. The molecule has 1 N–H and O–H groups in total. The van der Waals surface area contributed by atoms with Gasteiger partial charge in [0.2, 0.25) is 11.8 Å². The lowest BCUT2D eigenvalue weighted by Crippen LogP contribution is -2.32. The van der Waals surface area contributed by atoms with Crippen molar-refractivity contribution in [3.05, 3.63) is 59.9 Å². The molecule has 0 aliphatic carbocycles. The lowest BCUT2D eigenvalue weighted by Gasteiger charge is -2.17. The van der Waals surface area contributed by atoms with Crippen molar-refractivity contribution in [1.29, 1.82) is 0 Å². The zero-order chi connectivity index (χ0) is 17.5. The summed E-state index contributed by atoms with van der Waals surface area (Å²) in [4.78, 5) is 29.2. The molecule has 0 saturated heterocycles. The summed E-state index contributed by atoms with van der Waals surface area (Å²) in [5, 5.41) is 2.26. The first-order valence-corrected chi connectivity index (χ1v) is 7.33. The van der Waals surface area contributed by atoms with E-state index in [1.165, 1.54) is 4.90 Å². The number of hydrogen-bond acceptors (Lipinski definition) is 3. The van der Waals surface area contributed by atoms with Crippen LogP contribution in [0.5, 0.6) is 0 Å². The second-order valence-electron chi connectivity index (χ2n) is 5.27. The molecule has 1 aromatic heterocycles. The van der Waals surface area contributed by atoms with Gasteiger partial charge in [-0.1, -0.05) is 0 Å². The van der Waals surface area contributed by atoms with Crippen molar-refractivity contribution in [2.24, 2.45) is 0 Å². The first-order valence-electron chi connectivity index (χ1n) is 7.33. The molecule has 0 saturated carbocycles. The van der Waals surface area contributed by atoms with E-state index >= 15 is 0 Å². The molecule has 0 aliphatic heterocycles. The molecule has 24 heavy (non-hydrogen) atoms. The summed E-state index contributed by atoms with van der Waals surface area (Å²) in [6, 6.07) is 6.50. The van der Waals surface area contributed by atoms with Crippen molar-refractivity contribution in [2.75, 3.05) is 18.9 Å². The molecule has 126 valence electrons. The molecule has 0 aliphatic rings. The molecule has 2 rings (SSSR count). The van der Waals surface area contributed by atoms with Crippen molar-refractivity contribution in [1.82, 2.24) is 9.88 Å². The average Bonchev–Trinajstić information content (AvgIpc) is 2.56. The number of aromatic nitrogens is 1. The highest BCUT2D eigenvalue weighted by molar-refractivity contribution is 6.03. The van der Waals surface area contributed by atoms with Gasteiger partial charge in [0.1, 0.15) is 18.1 Å². The topological polar surface area (TPSA) is 62.3 Å². The first kappa shape index (κ1) is 17.5. The minimum Gasteiger partial charge on any atom is -0.345 e. The molecule has 2 aromatic rings. The van der Waals surface area contributed by atoms with Gasteiger partial charge in [-0.25, -0.2) is 8.78 Å². The summed E-state index contributed by atoms with van der Waals surface area (Å²) in [6.07, 6.45) is 3.56. The minimum absolute atomic E-state index is 0.159. The Morgan fingerprint density at radius 2 is 1.88 bits per heavy atom. The number of pyridine rings is 1. The molecule has 0 radical (unpaired) electrons. The average molecular weight is 333 g/mol. The van der Waals surface area contributed by atoms with Crippen LogP contribution in [0.25, 0.3) is 0 Å². The van der Waals surface area contributed by atoms with Crippen LogP contribution in [0.4, 0.5) is 14.5 Å². The highest BCUT2D eigenvalue weighted by Gasteiger charge is 2.15. The van der Waals surface area contributed by atoms with Gasteiger partial charge in [0.05, 0.1) is 5.69 Å². The Morgan fingerprint density at radius 1 is 1.17 bits per heavy atom. The molecule has 2 amide bonds. The number of carbonyl (C=O) groups is 2.